The van der Waals surface area contributed by atoms with Crippen LogP contribution in [0.25, 0.3) is 11.5 Å². The highest BCUT2D eigenvalue weighted by Gasteiger charge is 2.23. The molecule has 1 aromatic carbocycles. The van der Waals surface area contributed by atoms with Crippen LogP contribution in [0.5, 0.6) is 0 Å². The van der Waals surface area contributed by atoms with Crippen LogP contribution in [0.3, 0.4) is 0 Å². The Hall–Kier alpha value is -2.02. The molecule has 2 N–H and O–H groups in total. The molecule has 1 fully saturated rings. The fraction of sp³-hybridized carbons (Fsp3) is 0.385. The third kappa shape index (κ3) is 2.36. The van der Waals surface area contributed by atoms with Gasteiger partial charge in [0, 0.05) is 25.2 Å². The van der Waals surface area contributed by atoms with Gasteiger partial charge in [-0.2, -0.15) is 4.98 Å². The number of benzene rings is 1. The van der Waals surface area contributed by atoms with Crippen LogP contribution in [0, 0.1) is 11.6 Å². The number of nitrogens with two attached hydrogens (primary N) is 1. The molecule has 1 saturated heterocycles. The summed E-state index contributed by atoms with van der Waals surface area (Å²) in [5.74, 6) is -0.919. The summed E-state index contributed by atoms with van der Waals surface area (Å²) in [7, 11) is 0. The van der Waals surface area contributed by atoms with Gasteiger partial charge in [0.2, 0.25) is 0 Å². The van der Waals surface area contributed by atoms with Crippen molar-refractivity contribution in [3.8, 4) is 11.5 Å². The highest BCUT2D eigenvalue weighted by molar-refractivity contribution is 5.61. The number of aromatic nitrogens is 2. The molecule has 0 atom stereocenters. The molecule has 2 heterocycles. The first kappa shape index (κ1) is 13.0. The number of rotatable bonds is 2. The molecular formula is C13H13F2N3O2. The Balaban J connectivity index is 1.91. The summed E-state index contributed by atoms with van der Waals surface area (Å²) in [5, 5.41) is 3.87. The highest BCUT2D eigenvalue weighted by atomic mass is 19.1. The van der Waals surface area contributed by atoms with Crippen molar-refractivity contribution in [2.45, 2.75) is 18.8 Å². The van der Waals surface area contributed by atoms with E-state index < -0.39 is 11.6 Å². The SMILES string of the molecule is Nc1cc(-c2nc(C3CCOCC3)no2)c(F)cc1F. The zero-order valence-electron chi connectivity index (χ0n) is 10.6. The van der Waals surface area contributed by atoms with Gasteiger partial charge in [-0.3, -0.25) is 0 Å². The minimum atomic E-state index is -0.810. The van der Waals surface area contributed by atoms with E-state index in [9.17, 15) is 8.78 Å². The maximum absolute atomic E-state index is 13.7. The van der Waals surface area contributed by atoms with Crippen LogP contribution in [0.4, 0.5) is 14.5 Å². The molecule has 2 aromatic rings. The highest BCUT2D eigenvalue weighted by Crippen LogP contribution is 2.29. The number of anilines is 1. The fourth-order valence-electron chi connectivity index (χ4n) is 2.20. The van der Waals surface area contributed by atoms with Crippen LogP contribution >= 0.6 is 0 Å². The summed E-state index contributed by atoms with van der Waals surface area (Å²) in [6, 6.07) is 1.87. The summed E-state index contributed by atoms with van der Waals surface area (Å²) >= 11 is 0. The molecule has 1 aromatic heterocycles. The molecule has 7 heteroatoms. The second-order valence-corrected chi connectivity index (χ2v) is 4.70. The molecule has 0 aliphatic carbocycles. The minimum absolute atomic E-state index is 0.00899. The lowest BCUT2D eigenvalue weighted by atomic mass is 10.00. The lowest BCUT2D eigenvalue weighted by Gasteiger charge is -2.18. The van der Waals surface area contributed by atoms with Gasteiger partial charge in [0.25, 0.3) is 5.89 Å². The third-order valence-electron chi connectivity index (χ3n) is 3.34. The van der Waals surface area contributed by atoms with Crippen molar-refractivity contribution in [3.05, 3.63) is 29.6 Å². The second-order valence-electron chi connectivity index (χ2n) is 4.70. The van der Waals surface area contributed by atoms with E-state index in [0.717, 1.165) is 18.9 Å². The van der Waals surface area contributed by atoms with Crippen LogP contribution in [-0.4, -0.2) is 23.4 Å². The Bertz CT molecular complexity index is 624. The lowest BCUT2D eigenvalue weighted by molar-refractivity contribution is 0.0830. The van der Waals surface area contributed by atoms with Crippen LogP contribution in [0.2, 0.25) is 0 Å². The molecule has 1 aliphatic rings. The van der Waals surface area contributed by atoms with Crippen LogP contribution in [0.1, 0.15) is 24.6 Å². The van der Waals surface area contributed by atoms with Crippen LogP contribution in [0.15, 0.2) is 16.7 Å². The first-order chi connectivity index (χ1) is 9.65. The summed E-state index contributed by atoms with van der Waals surface area (Å²) in [6.45, 7) is 1.29. The van der Waals surface area contributed by atoms with E-state index in [0.29, 0.717) is 25.1 Å². The minimum Gasteiger partial charge on any atom is -0.396 e. The summed E-state index contributed by atoms with van der Waals surface area (Å²) in [5.41, 5.74) is 5.28. The van der Waals surface area contributed by atoms with Crippen molar-refractivity contribution in [2.24, 2.45) is 0 Å². The predicted molar refractivity (Wildman–Crippen MR) is 66.9 cm³/mol. The molecule has 0 spiro atoms. The normalized spacial score (nSPS) is 16.5. The molecule has 0 radical (unpaired) electrons. The monoisotopic (exact) mass is 281 g/mol. The number of nitrogens with zero attached hydrogens (tertiary/aromatic N) is 2. The van der Waals surface area contributed by atoms with E-state index in [1.807, 2.05) is 0 Å². The first-order valence-electron chi connectivity index (χ1n) is 6.31. The van der Waals surface area contributed by atoms with Gasteiger partial charge in [-0.15, -0.1) is 0 Å². The molecule has 0 amide bonds. The summed E-state index contributed by atoms with van der Waals surface area (Å²) in [4.78, 5) is 4.18. The number of hydrogen-bond acceptors (Lipinski definition) is 5. The molecule has 0 unspecified atom stereocenters. The Labute approximate surface area is 113 Å². The Morgan fingerprint density at radius 2 is 1.90 bits per heavy atom. The van der Waals surface area contributed by atoms with Gasteiger partial charge in [-0.1, -0.05) is 5.16 Å². The largest absolute Gasteiger partial charge is 0.396 e. The number of halogens is 2. The van der Waals surface area contributed by atoms with Crippen LogP contribution in [-0.2, 0) is 4.74 Å². The zero-order chi connectivity index (χ0) is 14.1. The smallest absolute Gasteiger partial charge is 0.260 e. The van der Waals surface area contributed by atoms with E-state index in [1.54, 1.807) is 0 Å². The lowest BCUT2D eigenvalue weighted by Crippen LogP contribution is -2.15. The summed E-state index contributed by atoms with van der Waals surface area (Å²) in [6.07, 6.45) is 1.60. The van der Waals surface area contributed by atoms with Gasteiger partial charge in [0.1, 0.15) is 11.6 Å². The molecule has 0 bridgehead atoms. The van der Waals surface area contributed by atoms with Gasteiger partial charge >= 0.3 is 0 Å². The maximum Gasteiger partial charge on any atom is 0.260 e. The quantitative estimate of drug-likeness (QED) is 0.856. The average molecular weight is 281 g/mol. The standard InChI is InChI=1S/C13H13F2N3O2/c14-9-6-10(15)11(16)5-8(9)13-17-12(18-20-13)7-1-3-19-4-2-7/h5-7H,1-4,16H2. The molecule has 20 heavy (non-hydrogen) atoms. The first-order valence-corrected chi connectivity index (χ1v) is 6.31. The van der Waals surface area contributed by atoms with Gasteiger partial charge < -0.3 is 15.0 Å². The van der Waals surface area contributed by atoms with Crippen molar-refractivity contribution in [1.29, 1.82) is 0 Å². The molecule has 0 saturated carbocycles. The van der Waals surface area contributed by atoms with Gasteiger partial charge in [-0.25, -0.2) is 8.78 Å². The topological polar surface area (TPSA) is 74.2 Å². The number of hydrogen-bond donors (Lipinski definition) is 1. The van der Waals surface area contributed by atoms with Gasteiger partial charge in [-0.05, 0) is 18.9 Å². The van der Waals surface area contributed by atoms with Crippen molar-refractivity contribution in [2.75, 3.05) is 18.9 Å². The van der Waals surface area contributed by atoms with Crippen molar-refractivity contribution < 1.29 is 18.0 Å². The molecule has 3 rings (SSSR count). The summed E-state index contributed by atoms with van der Waals surface area (Å²) < 4.78 is 37.2. The number of nitrogen functional groups attached to an aromatic ring is 1. The zero-order valence-corrected chi connectivity index (χ0v) is 10.6. The van der Waals surface area contributed by atoms with Crippen molar-refractivity contribution in [1.82, 2.24) is 10.1 Å². The van der Waals surface area contributed by atoms with E-state index in [2.05, 4.69) is 10.1 Å². The van der Waals surface area contributed by atoms with E-state index in [-0.39, 0.29) is 23.1 Å². The molecular weight excluding hydrogens is 268 g/mol. The van der Waals surface area contributed by atoms with Gasteiger partial charge in [0.15, 0.2) is 5.82 Å². The second kappa shape index (κ2) is 5.16. The van der Waals surface area contributed by atoms with Gasteiger partial charge in [0.05, 0.1) is 11.3 Å². The predicted octanol–water partition coefficient (Wildman–Crippen LogP) is 2.49. The van der Waals surface area contributed by atoms with Crippen molar-refractivity contribution in [3.63, 3.8) is 0 Å². The number of ether oxygens (including phenoxy) is 1. The Morgan fingerprint density at radius 3 is 2.65 bits per heavy atom. The molecule has 5 nitrogen and oxygen atoms in total. The average Bonchev–Trinajstić information content (AvgIpc) is 2.93. The fourth-order valence-corrected chi connectivity index (χ4v) is 2.20. The Morgan fingerprint density at radius 1 is 1.15 bits per heavy atom. The third-order valence-corrected chi connectivity index (χ3v) is 3.34. The maximum atomic E-state index is 13.7. The Kier molecular flexibility index (Phi) is 3.35. The van der Waals surface area contributed by atoms with E-state index in [1.165, 1.54) is 0 Å². The van der Waals surface area contributed by atoms with Crippen molar-refractivity contribution >= 4 is 5.69 Å². The molecule has 1 aliphatic heterocycles. The van der Waals surface area contributed by atoms with E-state index in [4.69, 9.17) is 15.0 Å². The van der Waals surface area contributed by atoms with Crippen LogP contribution < -0.4 is 5.73 Å². The van der Waals surface area contributed by atoms with E-state index >= 15 is 0 Å². The molecule has 106 valence electrons.